The van der Waals surface area contributed by atoms with Gasteiger partial charge in [0.2, 0.25) is 11.8 Å². The van der Waals surface area contributed by atoms with E-state index in [2.05, 4.69) is 33.6 Å². The molecule has 0 aromatic carbocycles. The van der Waals surface area contributed by atoms with Crippen molar-refractivity contribution in [3.05, 3.63) is 0 Å². The molecule has 204 valence electrons. The van der Waals surface area contributed by atoms with E-state index in [-0.39, 0.29) is 69.5 Å². The highest BCUT2D eigenvalue weighted by molar-refractivity contribution is 8.00. The van der Waals surface area contributed by atoms with Gasteiger partial charge in [-0.25, -0.2) is 10.4 Å². The number of rotatable bonds is 5. The Morgan fingerprint density at radius 3 is 2.58 bits per heavy atom. The van der Waals surface area contributed by atoms with Gasteiger partial charge in [0, 0.05) is 64.1 Å². The van der Waals surface area contributed by atoms with Crippen LogP contribution in [0.4, 0.5) is 0 Å². The molecule has 0 aromatic rings. The Balaban J connectivity index is 1.16. The van der Waals surface area contributed by atoms with Gasteiger partial charge in [0.15, 0.2) is 0 Å². The summed E-state index contributed by atoms with van der Waals surface area (Å²) in [6.45, 7) is 4.86. The molecule has 0 aliphatic carbocycles. The lowest BCUT2D eigenvalue weighted by Gasteiger charge is -2.45. The number of hydrogen-bond donors (Lipinski definition) is 5. The molecule has 0 spiro atoms. The largest absolute Gasteiger partial charge is 0.380 e. The third-order valence-electron chi connectivity index (χ3n) is 8.55. The summed E-state index contributed by atoms with van der Waals surface area (Å²) in [5.74, 6) is 0.470. The van der Waals surface area contributed by atoms with Crippen molar-refractivity contribution in [2.45, 2.75) is 72.2 Å². The summed E-state index contributed by atoms with van der Waals surface area (Å²) in [4.78, 5) is 28.4. The van der Waals surface area contributed by atoms with E-state index in [9.17, 15) is 9.59 Å². The number of nitrogens with one attached hydrogen (secondary N) is 5. The fourth-order valence-electron chi connectivity index (χ4n) is 6.55. The maximum atomic E-state index is 13.5. The van der Waals surface area contributed by atoms with Gasteiger partial charge in [-0.15, -0.1) is 35.0 Å². The fourth-order valence-corrected chi connectivity index (χ4v) is 8.49. The number of fused-ring (bicyclic) bond motifs is 1. The van der Waals surface area contributed by atoms with Gasteiger partial charge in [-0.3, -0.25) is 20.2 Å². The smallest absolute Gasteiger partial charge is 0.241 e. The number of hydrazine groups is 1. The maximum absolute atomic E-state index is 13.5. The van der Waals surface area contributed by atoms with E-state index in [1.165, 1.54) is 0 Å². The van der Waals surface area contributed by atoms with Crippen molar-refractivity contribution in [3.63, 3.8) is 0 Å². The Morgan fingerprint density at radius 1 is 1.08 bits per heavy atom. The van der Waals surface area contributed by atoms with Crippen LogP contribution in [0.2, 0.25) is 0 Å². The number of methoxy groups -OCH3 is 1. The average molecular weight is 565 g/mol. The monoisotopic (exact) mass is 563 g/mol. The van der Waals surface area contributed by atoms with Gasteiger partial charge in [-0.05, 0) is 31.6 Å². The normalized spacial score (nSPS) is 45.6. The first-order valence-corrected chi connectivity index (χ1v) is 14.8. The zero-order valence-corrected chi connectivity index (χ0v) is 23.4. The molecule has 0 bridgehead atoms. The van der Waals surface area contributed by atoms with Crippen LogP contribution >= 0.6 is 35.0 Å². The van der Waals surface area contributed by atoms with Crippen molar-refractivity contribution in [1.82, 2.24) is 36.6 Å². The van der Waals surface area contributed by atoms with E-state index in [0.29, 0.717) is 38.6 Å². The third kappa shape index (κ3) is 5.65. The van der Waals surface area contributed by atoms with Gasteiger partial charge >= 0.3 is 0 Å². The standard InChI is InChI=1S/C23H39Cl2N7O3S/c1-11-4-12(13-5-19(24)27-8-17(13)35-3)14(7-26-11)21(33)29-23-28-16-9-32(10-18(16)36-23)22(34)15-6-20(25)31(2)30-15/h11-20,23,26-28,30H,4-10H2,1-3H3,(H,29,33). The number of carbonyl (C=O) groups is 2. The molecule has 0 radical (unpaired) electrons. The molecule has 36 heavy (non-hydrogen) atoms. The molecule has 5 fully saturated rings. The Bertz CT molecular complexity index is 807. The predicted molar refractivity (Wildman–Crippen MR) is 141 cm³/mol. The lowest BCUT2D eigenvalue weighted by Crippen LogP contribution is -2.57. The lowest BCUT2D eigenvalue weighted by molar-refractivity contribution is -0.133. The quantitative estimate of drug-likeness (QED) is 0.231. The van der Waals surface area contributed by atoms with E-state index < -0.39 is 0 Å². The molecule has 5 rings (SSSR count). The van der Waals surface area contributed by atoms with Crippen LogP contribution in [0, 0.1) is 17.8 Å². The van der Waals surface area contributed by atoms with Crippen molar-refractivity contribution in [3.8, 4) is 0 Å². The Kier molecular flexibility index (Phi) is 8.61. The van der Waals surface area contributed by atoms with Gasteiger partial charge in [0.25, 0.3) is 0 Å². The fraction of sp³-hybridized carbons (Fsp3) is 0.913. The number of carbonyl (C=O) groups excluding carboxylic acids is 2. The molecule has 2 amide bonds. The van der Waals surface area contributed by atoms with E-state index in [1.54, 1.807) is 23.9 Å². The second kappa shape index (κ2) is 11.4. The van der Waals surface area contributed by atoms with Gasteiger partial charge in [-0.1, -0.05) is 0 Å². The zero-order chi connectivity index (χ0) is 25.6. The first-order chi connectivity index (χ1) is 17.2. The molecule has 0 saturated carbocycles. The second-order valence-electron chi connectivity index (χ2n) is 10.9. The molecule has 5 heterocycles. The summed E-state index contributed by atoms with van der Waals surface area (Å²) < 4.78 is 5.79. The molecule has 5 saturated heterocycles. The molecule has 5 aliphatic rings. The Morgan fingerprint density at radius 2 is 1.89 bits per heavy atom. The van der Waals surface area contributed by atoms with Crippen LogP contribution < -0.4 is 26.7 Å². The van der Waals surface area contributed by atoms with Crippen molar-refractivity contribution in [1.29, 1.82) is 0 Å². The molecule has 5 aliphatic heterocycles. The minimum Gasteiger partial charge on any atom is -0.380 e. The van der Waals surface area contributed by atoms with Crippen LogP contribution in [0.3, 0.4) is 0 Å². The predicted octanol–water partition coefficient (Wildman–Crippen LogP) is -0.121. The minimum absolute atomic E-state index is 0.0516. The zero-order valence-electron chi connectivity index (χ0n) is 21.1. The van der Waals surface area contributed by atoms with Crippen LogP contribution in [0.25, 0.3) is 0 Å². The lowest BCUT2D eigenvalue weighted by atomic mass is 9.70. The van der Waals surface area contributed by atoms with Crippen LogP contribution in [0.1, 0.15) is 26.2 Å². The third-order valence-corrected chi connectivity index (χ3v) is 10.7. The topological polar surface area (TPSA) is 110 Å². The molecule has 13 heteroatoms. The maximum Gasteiger partial charge on any atom is 0.241 e. The second-order valence-corrected chi connectivity index (χ2v) is 13.3. The first-order valence-electron chi connectivity index (χ1n) is 13.0. The highest BCUT2D eigenvalue weighted by Gasteiger charge is 2.48. The summed E-state index contributed by atoms with van der Waals surface area (Å²) in [7, 11) is 3.60. The summed E-state index contributed by atoms with van der Waals surface area (Å²) >= 11 is 14.4. The van der Waals surface area contributed by atoms with Crippen LogP contribution in [-0.2, 0) is 14.3 Å². The number of thioether (sulfide) groups is 1. The molecule has 11 atom stereocenters. The SMILES string of the molecule is COC1CNC(Cl)CC1C1CC(C)NCC1C(=O)NC1NC2CN(C(=O)C3CC(Cl)N(C)N3)CC2S1. The summed E-state index contributed by atoms with van der Waals surface area (Å²) in [5.41, 5.74) is 2.74. The summed E-state index contributed by atoms with van der Waals surface area (Å²) in [5, 5.41) is 15.6. The first kappa shape index (κ1) is 27.2. The number of ether oxygens (including phenoxy) is 1. The van der Waals surface area contributed by atoms with E-state index in [0.717, 1.165) is 12.8 Å². The molecule has 10 nitrogen and oxygen atoms in total. The number of piperidine rings is 2. The Hall–Kier alpha value is -0.370. The Labute approximate surface area is 227 Å². The van der Waals surface area contributed by atoms with E-state index >= 15 is 0 Å². The van der Waals surface area contributed by atoms with Gasteiger partial charge in [-0.2, -0.15) is 0 Å². The van der Waals surface area contributed by atoms with E-state index in [1.807, 2.05) is 11.9 Å². The van der Waals surface area contributed by atoms with Crippen LogP contribution in [-0.4, -0.2) is 108 Å². The minimum atomic E-state index is -0.270. The number of halogens is 2. The number of nitrogens with zero attached hydrogens (tertiary/aromatic N) is 2. The highest BCUT2D eigenvalue weighted by atomic mass is 35.5. The van der Waals surface area contributed by atoms with Crippen LogP contribution in [0.15, 0.2) is 0 Å². The van der Waals surface area contributed by atoms with Crippen molar-refractivity contribution in [2.24, 2.45) is 17.8 Å². The van der Waals surface area contributed by atoms with Gasteiger partial charge in [0.05, 0.1) is 23.0 Å². The number of amides is 2. The van der Waals surface area contributed by atoms with Crippen molar-refractivity contribution >= 4 is 46.8 Å². The van der Waals surface area contributed by atoms with Crippen LogP contribution in [0.5, 0.6) is 0 Å². The molecule has 0 aromatic heterocycles. The highest BCUT2D eigenvalue weighted by Crippen LogP contribution is 2.38. The number of hydrogen-bond acceptors (Lipinski definition) is 9. The number of likely N-dealkylation sites (tertiary alicyclic amines) is 1. The molecule has 11 unspecified atom stereocenters. The summed E-state index contributed by atoms with van der Waals surface area (Å²) in [6.07, 6.45) is 2.37. The molecular weight excluding hydrogens is 525 g/mol. The average Bonchev–Trinajstić information content (AvgIpc) is 3.51. The summed E-state index contributed by atoms with van der Waals surface area (Å²) in [6, 6.07) is 0.244. The molecular formula is C23H39Cl2N7O3S. The molecule has 5 N–H and O–H groups in total. The van der Waals surface area contributed by atoms with Gasteiger partial charge < -0.3 is 20.3 Å². The van der Waals surface area contributed by atoms with E-state index in [4.69, 9.17) is 27.9 Å². The van der Waals surface area contributed by atoms with Gasteiger partial charge in [0.1, 0.15) is 11.5 Å². The van der Waals surface area contributed by atoms with Crippen molar-refractivity contribution < 1.29 is 14.3 Å². The van der Waals surface area contributed by atoms with Crippen molar-refractivity contribution in [2.75, 3.05) is 40.3 Å². The number of alkyl halides is 2.